The minimum atomic E-state index is 0. The van der Waals surface area contributed by atoms with Gasteiger partial charge < -0.3 is 30.6 Å². The topological polar surface area (TPSA) is 81.0 Å². The molecule has 0 spiro atoms. The molecule has 9 rings (SSSR count). The van der Waals surface area contributed by atoms with E-state index < -0.39 is 0 Å². The Hall–Kier alpha value is -3.39. The van der Waals surface area contributed by atoms with Crippen molar-refractivity contribution >= 4 is 34.0 Å². The van der Waals surface area contributed by atoms with E-state index in [2.05, 4.69) is 48.8 Å². The number of hydrogen-bond donors (Lipinski definition) is 0. The molecule has 6 nitrogen and oxygen atoms in total. The van der Waals surface area contributed by atoms with Crippen molar-refractivity contribution in [1.29, 1.82) is 0 Å². The van der Waals surface area contributed by atoms with E-state index >= 15 is 0 Å². The standard InChI is InChI=1S/3C13H9N2S.3Au/c3*1-2-5-10(6-3-1)11-9-12(15-14-11)13-7-4-8-16-13;;;/h3*1-9H;;;/q3*-1;3*+1. The van der Waals surface area contributed by atoms with Crippen LogP contribution in [0.1, 0.15) is 0 Å². The Labute approximate surface area is 355 Å². The first-order chi connectivity index (χ1) is 23.8. The summed E-state index contributed by atoms with van der Waals surface area (Å²) in [5.41, 5.74) is 8.99. The minimum absolute atomic E-state index is 0. The van der Waals surface area contributed by atoms with Crippen LogP contribution in [0.15, 0.2) is 162 Å². The average molecular weight is 1270 g/mol. The van der Waals surface area contributed by atoms with Crippen molar-refractivity contribution in [2.45, 2.75) is 0 Å². The third-order valence-corrected chi connectivity index (χ3v) is 9.82. The van der Waals surface area contributed by atoms with Gasteiger partial charge in [-0.25, -0.2) is 0 Å². The second-order valence-corrected chi connectivity index (χ2v) is 13.2. The largest absolute Gasteiger partial charge is 1.00 e. The Morgan fingerprint density at radius 3 is 0.843 bits per heavy atom. The van der Waals surface area contributed by atoms with Crippen LogP contribution < -0.4 is 15.3 Å². The fourth-order valence-corrected chi connectivity index (χ4v) is 6.81. The summed E-state index contributed by atoms with van der Waals surface area (Å²) in [7, 11) is 0. The van der Waals surface area contributed by atoms with E-state index in [0.717, 1.165) is 65.5 Å². The first-order valence-electron chi connectivity index (χ1n) is 15.1. The smallest absolute Gasteiger partial charge is 0.574 e. The molecule has 0 amide bonds. The molecule has 0 unspecified atom stereocenters. The molecule has 0 saturated carbocycles. The number of benzene rings is 3. The zero-order valence-electron chi connectivity index (χ0n) is 26.4. The Bertz CT molecular complexity index is 1970. The molecule has 3 aromatic carbocycles. The van der Waals surface area contributed by atoms with E-state index in [1.165, 1.54) is 0 Å². The fraction of sp³-hybridized carbons (Fsp3) is 0. The Balaban J connectivity index is 0.000000167. The van der Waals surface area contributed by atoms with Gasteiger partial charge in [-0.15, -0.1) is 51.1 Å². The van der Waals surface area contributed by atoms with Crippen LogP contribution in [-0.2, 0) is 67.1 Å². The van der Waals surface area contributed by atoms with E-state index in [4.69, 9.17) is 0 Å². The predicted octanol–water partition coefficient (Wildman–Crippen LogP) is 10.3. The molecule has 0 aliphatic heterocycles. The molecular weight excluding hydrogens is 1240 g/mol. The van der Waals surface area contributed by atoms with Crippen molar-refractivity contribution in [3.05, 3.63) is 162 Å². The molecule has 264 valence electrons. The number of aromatic nitrogens is 6. The van der Waals surface area contributed by atoms with Crippen molar-refractivity contribution < 1.29 is 67.1 Å². The maximum absolute atomic E-state index is 4.20. The molecule has 9 aromatic rings. The molecule has 51 heavy (non-hydrogen) atoms. The molecule has 6 aromatic heterocycles. The van der Waals surface area contributed by atoms with E-state index in [1.807, 2.05) is 144 Å². The number of nitrogens with zero attached hydrogens (tertiary/aromatic N) is 6. The van der Waals surface area contributed by atoms with E-state index in [-0.39, 0.29) is 67.1 Å². The summed E-state index contributed by atoms with van der Waals surface area (Å²) < 4.78 is 0. The van der Waals surface area contributed by atoms with Crippen molar-refractivity contribution in [3.8, 4) is 65.5 Å². The van der Waals surface area contributed by atoms with Gasteiger partial charge in [0.1, 0.15) is 0 Å². The van der Waals surface area contributed by atoms with Crippen molar-refractivity contribution in [2.75, 3.05) is 0 Å². The van der Waals surface area contributed by atoms with Crippen molar-refractivity contribution in [1.82, 2.24) is 30.6 Å². The van der Waals surface area contributed by atoms with Crippen LogP contribution in [0.4, 0.5) is 0 Å². The van der Waals surface area contributed by atoms with Crippen molar-refractivity contribution in [2.24, 2.45) is 0 Å². The normalized spacial score (nSPS) is 9.88. The molecule has 12 heteroatoms. The van der Waals surface area contributed by atoms with E-state index in [1.54, 1.807) is 34.0 Å². The third kappa shape index (κ3) is 10.8. The predicted molar refractivity (Wildman–Crippen MR) is 199 cm³/mol. The summed E-state index contributed by atoms with van der Waals surface area (Å²) >= 11 is 5.05. The second-order valence-electron chi connectivity index (χ2n) is 10.4. The fourth-order valence-electron chi connectivity index (χ4n) is 4.77. The zero-order chi connectivity index (χ0) is 32.4. The number of thiophene rings is 3. The zero-order valence-corrected chi connectivity index (χ0v) is 35.3. The first kappa shape index (κ1) is 40.4. The first-order valence-corrected chi connectivity index (χ1v) is 17.7. The van der Waals surface area contributed by atoms with Gasteiger partial charge in [-0.3, -0.25) is 0 Å². The Morgan fingerprint density at radius 2 is 0.608 bits per heavy atom. The summed E-state index contributed by atoms with van der Waals surface area (Å²) in [6, 6.07) is 48.7. The average Bonchev–Trinajstić information content (AvgIpc) is 4.00. The molecule has 0 aliphatic carbocycles. The van der Waals surface area contributed by atoms with Gasteiger partial charge in [-0.1, -0.05) is 109 Å². The van der Waals surface area contributed by atoms with Gasteiger partial charge in [0, 0.05) is 31.7 Å². The molecule has 0 radical (unpaired) electrons. The molecule has 6 heterocycles. The summed E-state index contributed by atoms with van der Waals surface area (Å²) in [5, 5.41) is 31.3. The van der Waals surface area contributed by atoms with Gasteiger partial charge in [0.25, 0.3) is 0 Å². The molecule has 0 aliphatic rings. The molecule has 0 saturated heterocycles. The van der Waals surface area contributed by atoms with Gasteiger partial charge in [-0.05, 0) is 69.2 Å². The number of rotatable bonds is 6. The second kappa shape index (κ2) is 20.6. The Kier molecular flexibility index (Phi) is 16.3. The maximum Gasteiger partial charge on any atom is 1.00 e. The van der Waals surface area contributed by atoms with Gasteiger partial charge in [0.15, 0.2) is 0 Å². The molecule has 0 fully saturated rings. The minimum Gasteiger partial charge on any atom is -0.574 e. The van der Waals surface area contributed by atoms with E-state index in [0.29, 0.717) is 0 Å². The van der Waals surface area contributed by atoms with Crippen LogP contribution in [0.2, 0.25) is 0 Å². The summed E-state index contributed by atoms with van der Waals surface area (Å²) in [5.74, 6) is 0. The third-order valence-electron chi connectivity index (χ3n) is 7.15. The summed E-state index contributed by atoms with van der Waals surface area (Å²) in [6.07, 6.45) is 0. The SMILES string of the molecule is [Au+].[Au+].[Au+].c1ccc(-c2cc(-c3cccs3)[n-]n2)cc1.c1ccc(-c2cc(-c3cccs3)[n-]n2)cc1.c1ccc(-c2cc(-c3cccs3)[n-]n2)cc1. The van der Waals surface area contributed by atoms with E-state index in [9.17, 15) is 0 Å². The Morgan fingerprint density at radius 1 is 0.333 bits per heavy atom. The molecule has 0 atom stereocenters. The summed E-state index contributed by atoms with van der Waals surface area (Å²) in [6.45, 7) is 0. The van der Waals surface area contributed by atoms with Crippen molar-refractivity contribution in [3.63, 3.8) is 0 Å². The van der Waals surface area contributed by atoms with Crippen LogP contribution in [0.25, 0.3) is 65.5 Å². The van der Waals surface area contributed by atoms with Crippen LogP contribution in [0.3, 0.4) is 0 Å². The van der Waals surface area contributed by atoms with Crippen LogP contribution in [0, 0.1) is 0 Å². The molecule has 0 N–H and O–H groups in total. The van der Waals surface area contributed by atoms with Gasteiger partial charge in [0.2, 0.25) is 0 Å². The van der Waals surface area contributed by atoms with Crippen LogP contribution in [0.5, 0.6) is 0 Å². The van der Waals surface area contributed by atoms with Crippen LogP contribution in [-0.4, -0.2) is 15.3 Å². The molecular formula is C39H27Au3N6S3. The quantitative estimate of drug-likeness (QED) is 0.154. The van der Waals surface area contributed by atoms with Gasteiger partial charge in [-0.2, -0.15) is 0 Å². The van der Waals surface area contributed by atoms with Gasteiger partial charge in [0.05, 0.1) is 0 Å². The van der Waals surface area contributed by atoms with Crippen LogP contribution >= 0.6 is 34.0 Å². The maximum atomic E-state index is 4.20. The monoisotopic (exact) mass is 1270 g/mol. The van der Waals surface area contributed by atoms with Gasteiger partial charge >= 0.3 is 67.1 Å². The molecule has 0 bridgehead atoms. The number of hydrogen-bond acceptors (Lipinski definition) is 6. The summed E-state index contributed by atoms with van der Waals surface area (Å²) in [4.78, 5) is 3.49.